The number of aliphatic carboxylic acids is 1. The topological polar surface area (TPSA) is 63.3 Å². The number of carbonyl (C=O) groups is 1. The first-order chi connectivity index (χ1) is 11.5. The molecule has 0 saturated carbocycles. The minimum absolute atomic E-state index is 0.537. The zero-order chi connectivity index (χ0) is 17.5. The van der Waals surface area contributed by atoms with Crippen molar-refractivity contribution in [3.05, 3.63) is 66.1 Å². The predicted molar refractivity (Wildman–Crippen MR) is 98.5 cm³/mol. The molecule has 1 N–H and O–H groups in total. The zero-order valence-electron chi connectivity index (χ0n) is 12.9. The van der Waals surface area contributed by atoms with E-state index in [1.54, 1.807) is 6.20 Å². The Balaban J connectivity index is 0.000000301. The Bertz CT molecular complexity index is 786. The molecule has 4 nitrogen and oxygen atoms in total. The van der Waals surface area contributed by atoms with Crippen molar-refractivity contribution in [2.45, 2.75) is 12.2 Å². The second-order valence-corrected chi connectivity index (χ2v) is 6.18. The van der Waals surface area contributed by atoms with Crippen molar-refractivity contribution in [1.29, 1.82) is 0 Å². The number of aromatic nitrogens is 1. The van der Waals surface area contributed by atoms with Crippen molar-refractivity contribution in [1.82, 2.24) is 4.98 Å². The Morgan fingerprint density at radius 2 is 1.79 bits per heavy atom. The fraction of sp³-hybridized carbons (Fsp3) is 0.111. The maximum absolute atomic E-state index is 9.62. The minimum atomic E-state index is -0.877. The molecular formula is C18H16ClNO3S. The molecular weight excluding hydrogens is 346 g/mol. The van der Waals surface area contributed by atoms with Crippen molar-refractivity contribution >= 4 is 30.2 Å². The highest BCUT2D eigenvalue weighted by Crippen LogP contribution is 2.26. The van der Waals surface area contributed by atoms with Gasteiger partial charge in [-0.25, -0.2) is 4.98 Å². The first kappa shape index (κ1) is 18.1. The smallest absolute Gasteiger partial charge is 0.316 e. The van der Waals surface area contributed by atoms with E-state index in [0.717, 1.165) is 27.5 Å². The standard InChI is InChI=1S/C15H10ClNO.C3H6O2S/c16-14-6-4-11(5-7-14)12-2-1-3-13(8-12)15-9-17-10-18-15;1-2(6)3(4)5/h1-10H;2,6H,1H3,(H,4,5). The molecule has 1 heterocycles. The SMILES string of the molecule is CC(S)C(=O)O.Clc1ccc(-c2cccc(-c3cnco3)c2)cc1. The van der Waals surface area contributed by atoms with Gasteiger partial charge in [-0.2, -0.15) is 12.6 Å². The van der Waals surface area contributed by atoms with E-state index in [1.165, 1.54) is 13.3 Å². The van der Waals surface area contributed by atoms with E-state index in [9.17, 15) is 4.79 Å². The fourth-order valence-electron chi connectivity index (χ4n) is 1.85. The van der Waals surface area contributed by atoms with Crippen LogP contribution in [0, 0.1) is 0 Å². The average molecular weight is 362 g/mol. The van der Waals surface area contributed by atoms with Gasteiger partial charge in [-0.05, 0) is 36.2 Å². The Morgan fingerprint density at radius 1 is 1.17 bits per heavy atom. The number of nitrogens with zero attached hydrogens (tertiary/aromatic N) is 1. The van der Waals surface area contributed by atoms with Crippen LogP contribution in [0.2, 0.25) is 5.02 Å². The molecule has 3 rings (SSSR count). The molecule has 1 unspecified atom stereocenters. The molecule has 0 fully saturated rings. The van der Waals surface area contributed by atoms with Crippen molar-refractivity contribution in [2.24, 2.45) is 0 Å². The Morgan fingerprint density at radius 3 is 2.33 bits per heavy atom. The third kappa shape index (κ3) is 5.15. The fourth-order valence-corrected chi connectivity index (χ4v) is 1.98. The summed E-state index contributed by atoms with van der Waals surface area (Å²) in [5, 5.41) is 8.12. The summed E-state index contributed by atoms with van der Waals surface area (Å²) in [5.41, 5.74) is 3.27. The van der Waals surface area contributed by atoms with Gasteiger partial charge in [-0.15, -0.1) is 0 Å². The molecule has 3 aromatic rings. The van der Waals surface area contributed by atoms with Gasteiger partial charge in [0.1, 0.15) is 0 Å². The number of carboxylic acids is 1. The van der Waals surface area contributed by atoms with Crippen molar-refractivity contribution in [2.75, 3.05) is 0 Å². The normalized spacial score (nSPS) is 11.3. The van der Waals surface area contributed by atoms with Gasteiger partial charge in [0.25, 0.3) is 0 Å². The highest BCUT2D eigenvalue weighted by atomic mass is 35.5. The van der Waals surface area contributed by atoms with Gasteiger partial charge in [-0.1, -0.05) is 41.9 Å². The third-order valence-electron chi connectivity index (χ3n) is 3.11. The van der Waals surface area contributed by atoms with Crippen LogP contribution < -0.4 is 0 Å². The summed E-state index contributed by atoms with van der Waals surface area (Å²) >= 11 is 9.48. The van der Waals surface area contributed by atoms with E-state index >= 15 is 0 Å². The maximum atomic E-state index is 9.62. The van der Waals surface area contributed by atoms with Gasteiger partial charge in [0.05, 0.1) is 11.4 Å². The molecule has 0 aliphatic rings. The molecule has 124 valence electrons. The second-order valence-electron chi connectivity index (χ2n) is 4.97. The first-order valence-electron chi connectivity index (χ1n) is 7.13. The second kappa shape index (κ2) is 8.57. The molecule has 0 aliphatic carbocycles. The lowest BCUT2D eigenvalue weighted by Crippen LogP contribution is -2.06. The summed E-state index contributed by atoms with van der Waals surface area (Å²) in [5.74, 6) is -0.107. The molecule has 0 spiro atoms. The quantitative estimate of drug-likeness (QED) is 0.640. The van der Waals surface area contributed by atoms with E-state index in [1.807, 2.05) is 36.4 Å². The lowest BCUT2D eigenvalue weighted by atomic mass is 10.0. The lowest BCUT2D eigenvalue weighted by molar-refractivity contribution is -0.136. The summed E-state index contributed by atoms with van der Waals surface area (Å²) in [6.45, 7) is 1.51. The molecule has 0 aliphatic heterocycles. The van der Waals surface area contributed by atoms with E-state index in [-0.39, 0.29) is 0 Å². The van der Waals surface area contributed by atoms with Gasteiger partial charge >= 0.3 is 5.97 Å². The summed E-state index contributed by atoms with van der Waals surface area (Å²) in [7, 11) is 0. The number of thiol groups is 1. The Hall–Kier alpha value is -2.24. The van der Waals surface area contributed by atoms with E-state index < -0.39 is 11.2 Å². The molecule has 0 amide bonds. The van der Waals surface area contributed by atoms with Crippen LogP contribution in [-0.2, 0) is 4.79 Å². The molecule has 24 heavy (non-hydrogen) atoms. The van der Waals surface area contributed by atoms with Gasteiger partial charge < -0.3 is 9.52 Å². The minimum Gasteiger partial charge on any atom is -0.480 e. The predicted octanol–water partition coefficient (Wildman–Crippen LogP) is 5.05. The molecule has 1 atom stereocenters. The van der Waals surface area contributed by atoms with Crippen molar-refractivity contribution in [3.63, 3.8) is 0 Å². The molecule has 2 aromatic carbocycles. The van der Waals surface area contributed by atoms with Gasteiger partial charge in [0.15, 0.2) is 12.2 Å². The number of rotatable bonds is 3. The molecule has 0 radical (unpaired) electrons. The third-order valence-corrected chi connectivity index (χ3v) is 3.59. The molecule has 0 bridgehead atoms. The van der Waals surface area contributed by atoms with Crippen LogP contribution in [0.5, 0.6) is 0 Å². The summed E-state index contributed by atoms with van der Waals surface area (Å²) in [6.07, 6.45) is 3.14. The highest BCUT2D eigenvalue weighted by Gasteiger charge is 2.04. The number of oxazole rings is 1. The van der Waals surface area contributed by atoms with Crippen molar-refractivity contribution < 1.29 is 14.3 Å². The number of halogens is 1. The number of benzene rings is 2. The number of carboxylic acid groups (broad SMARTS) is 1. The van der Waals surface area contributed by atoms with E-state index in [4.69, 9.17) is 21.1 Å². The largest absolute Gasteiger partial charge is 0.480 e. The Kier molecular flexibility index (Phi) is 6.46. The van der Waals surface area contributed by atoms with Gasteiger partial charge in [-0.3, -0.25) is 4.79 Å². The molecule has 1 aromatic heterocycles. The van der Waals surface area contributed by atoms with Gasteiger partial charge in [0.2, 0.25) is 0 Å². The molecule has 0 saturated heterocycles. The maximum Gasteiger partial charge on any atom is 0.316 e. The monoisotopic (exact) mass is 361 g/mol. The van der Waals surface area contributed by atoms with Crippen LogP contribution in [0.25, 0.3) is 22.5 Å². The van der Waals surface area contributed by atoms with Crippen molar-refractivity contribution in [3.8, 4) is 22.5 Å². The van der Waals surface area contributed by atoms with E-state index in [0.29, 0.717) is 0 Å². The van der Waals surface area contributed by atoms with Gasteiger partial charge in [0, 0.05) is 10.6 Å². The zero-order valence-corrected chi connectivity index (χ0v) is 14.5. The van der Waals surface area contributed by atoms with Crippen LogP contribution in [0.3, 0.4) is 0 Å². The van der Waals surface area contributed by atoms with Crippen LogP contribution in [0.1, 0.15) is 6.92 Å². The van der Waals surface area contributed by atoms with Crippen LogP contribution >= 0.6 is 24.2 Å². The van der Waals surface area contributed by atoms with E-state index in [2.05, 4.69) is 29.7 Å². The summed E-state index contributed by atoms with van der Waals surface area (Å²) in [6, 6.07) is 15.9. The molecule has 6 heteroatoms. The first-order valence-corrected chi connectivity index (χ1v) is 8.02. The summed E-state index contributed by atoms with van der Waals surface area (Å²) in [4.78, 5) is 13.6. The number of hydrogen-bond acceptors (Lipinski definition) is 4. The average Bonchev–Trinajstić information content (AvgIpc) is 3.11. The number of hydrogen-bond donors (Lipinski definition) is 2. The summed E-state index contributed by atoms with van der Waals surface area (Å²) < 4.78 is 5.30. The van der Waals surface area contributed by atoms with Crippen LogP contribution in [0.15, 0.2) is 65.5 Å². The van der Waals surface area contributed by atoms with Crippen LogP contribution in [0.4, 0.5) is 0 Å². The highest BCUT2D eigenvalue weighted by molar-refractivity contribution is 7.81. The van der Waals surface area contributed by atoms with Crippen LogP contribution in [-0.4, -0.2) is 21.3 Å². The lowest BCUT2D eigenvalue weighted by Gasteiger charge is -2.03. The Labute approximate surface area is 150 Å².